The Balaban J connectivity index is 1.51. The molecule has 1 aliphatic carbocycles. The first-order valence-electron chi connectivity index (χ1n) is 9.15. The van der Waals surface area contributed by atoms with Crippen LogP contribution in [0.1, 0.15) is 37.7 Å². The molecule has 1 saturated carbocycles. The lowest BCUT2D eigenvalue weighted by Crippen LogP contribution is -2.25. The molecule has 26 heavy (non-hydrogen) atoms. The zero-order chi connectivity index (χ0) is 17.9. The number of hydrogen-bond donors (Lipinski definition) is 1. The number of fused-ring (bicyclic) bond motifs is 1. The zero-order valence-electron chi connectivity index (χ0n) is 14.6. The van der Waals surface area contributed by atoms with Crippen LogP contribution in [0.2, 0.25) is 0 Å². The molecule has 2 aromatic heterocycles. The number of nitrogens with zero attached hydrogens (tertiary/aromatic N) is 3. The highest BCUT2D eigenvalue weighted by Gasteiger charge is 2.21. The van der Waals surface area contributed by atoms with Crippen LogP contribution in [0, 0.1) is 5.92 Å². The topological polar surface area (TPSA) is 68.4 Å². The molecule has 0 aliphatic heterocycles. The summed E-state index contributed by atoms with van der Waals surface area (Å²) in [6, 6.07) is 13.1. The van der Waals surface area contributed by atoms with E-state index in [1.807, 2.05) is 36.4 Å². The third-order valence-corrected chi connectivity index (χ3v) is 4.99. The fraction of sp³-hybridized carbons (Fsp3) is 0.350. The quantitative estimate of drug-likeness (QED) is 0.786. The van der Waals surface area contributed by atoms with Gasteiger partial charge in [0.15, 0.2) is 5.65 Å². The van der Waals surface area contributed by atoms with Crippen LogP contribution >= 0.6 is 0 Å². The molecule has 0 spiro atoms. The molecule has 3 aromatic rings. The Morgan fingerprint density at radius 1 is 1.12 bits per heavy atom. The Labute approximate surface area is 151 Å². The largest absolute Gasteiger partial charge is 0.350 e. The molecule has 6 nitrogen and oxygen atoms in total. The van der Waals surface area contributed by atoms with Crippen LogP contribution in [-0.4, -0.2) is 20.1 Å². The van der Waals surface area contributed by atoms with E-state index in [4.69, 9.17) is 0 Å². The lowest BCUT2D eigenvalue weighted by Gasteiger charge is -2.20. The Kier molecular flexibility index (Phi) is 4.56. The fourth-order valence-corrected chi connectivity index (χ4v) is 3.60. The van der Waals surface area contributed by atoms with Gasteiger partial charge in [0.25, 0.3) is 0 Å². The minimum atomic E-state index is -0.169. The lowest BCUT2D eigenvalue weighted by atomic mass is 9.88. The van der Waals surface area contributed by atoms with Gasteiger partial charge in [-0.05, 0) is 42.7 Å². The molecule has 0 bridgehead atoms. The highest BCUT2D eigenvalue weighted by molar-refractivity contribution is 5.92. The average Bonchev–Trinajstić information content (AvgIpc) is 2.99. The minimum absolute atomic E-state index is 0.103. The van der Waals surface area contributed by atoms with Gasteiger partial charge in [0.2, 0.25) is 5.91 Å². The molecule has 0 atom stereocenters. The van der Waals surface area contributed by atoms with Gasteiger partial charge in [-0.25, -0.2) is 9.48 Å². The summed E-state index contributed by atoms with van der Waals surface area (Å²) in [7, 11) is 0. The monoisotopic (exact) mass is 350 g/mol. The maximum Gasteiger partial charge on any atom is 0.350 e. The number of amides is 1. The summed E-state index contributed by atoms with van der Waals surface area (Å²) >= 11 is 0. The van der Waals surface area contributed by atoms with Crippen molar-refractivity contribution in [1.29, 1.82) is 0 Å². The van der Waals surface area contributed by atoms with E-state index < -0.39 is 0 Å². The number of aromatic nitrogens is 3. The summed E-state index contributed by atoms with van der Waals surface area (Å²) in [4.78, 5) is 24.8. The van der Waals surface area contributed by atoms with Gasteiger partial charge >= 0.3 is 5.69 Å². The molecule has 2 heterocycles. The maximum absolute atomic E-state index is 12.4. The van der Waals surface area contributed by atoms with Gasteiger partial charge in [-0.3, -0.25) is 9.20 Å². The van der Waals surface area contributed by atoms with Crippen LogP contribution in [0.3, 0.4) is 0 Å². The second kappa shape index (κ2) is 7.15. The average molecular weight is 350 g/mol. The van der Waals surface area contributed by atoms with Crippen molar-refractivity contribution in [1.82, 2.24) is 14.2 Å². The van der Waals surface area contributed by atoms with Crippen LogP contribution in [0.4, 0.5) is 5.69 Å². The van der Waals surface area contributed by atoms with Crippen LogP contribution < -0.4 is 11.0 Å². The second-order valence-corrected chi connectivity index (χ2v) is 6.89. The molecule has 6 heteroatoms. The van der Waals surface area contributed by atoms with Crippen LogP contribution in [0.5, 0.6) is 0 Å². The van der Waals surface area contributed by atoms with Crippen LogP contribution in [0.25, 0.3) is 5.65 Å². The third-order valence-electron chi connectivity index (χ3n) is 4.99. The molecule has 1 N–H and O–H groups in total. The number of carbonyl (C=O) groups is 1. The highest BCUT2D eigenvalue weighted by atomic mass is 16.2. The Morgan fingerprint density at radius 2 is 1.96 bits per heavy atom. The Morgan fingerprint density at radius 3 is 2.77 bits per heavy atom. The molecule has 0 radical (unpaired) electrons. The lowest BCUT2D eigenvalue weighted by molar-refractivity contribution is -0.120. The fourth-order valence-electron chi connectivity index (χ4n) is 3.60. The predicted octanol–water partition coefficient (Wildman–Crippen LogP) is 3.06. The van der Waals surface area contributed by atoms with Crippen molar-refractivity contribution in [3.63, 3.8) is 0 Å². The van der Waals surface area contributed by atoms with Crippen LogP contribution in [0.15, 0.2) is 53.5 Å². The standard InChI is InChI=1S/C20H22N4O2/c25-19(16-8-2-1-3-9-16)21-17-10-6-7-15(13-17)14-24-20(26)23-12-5-4-11-18(23)22-24/h4-7,10-13,16H,1-3,8-9,14H2,(H,21,25). The smallest absolute Gasteiger partial charge is 0.326 e. The first-order chi connectivity index (χ1) is 12.7. The minimum Gasteiger partial charge on any atom is -0.326 e. The van der Waals surface area contributed by atoms with Gasteiger partial charge in [-0.15, -0.1) is 5.10 Å². The summed E-state index contributed by atoms with van der Waals surface area (Å²) in [5.41, 5.74) is 2.16. The van der Waals surface area contributed by atoms with Gasteiger partial charge in [0, 0.05) is 17.8 Å². The summed E-state index contributed by atoms with van der Waals surface area (Å²) in [5, 5.41) is 7.38. The molecule has 134 valence electrons. The van der Waals surface area contributed by atoms with Crippen LogP contribution in [-0.2, 0) is 11.3 Å². The second-order valence-electron chi connectivity index (χ2n) is 6.89. The van der Waals surface area contributed by atoms with E-state index in [1.54, 1.807) is 12.3 Å². The van der Waals surface area contributed by atoms with E-state index in [0.29, 0.717) is 12.2 Å². The molecule has 1 aliphatic rings. The van der Waals surface area contributed by atoms with E-state index in [0.717, 1.165) is 36.9 Å². The van der Waals surface area contributed by atoms with E-state index in [9.17, 15) is 9.59 Å². The first-order valence-corrected chi connectivity index (χ1v) is 9.15. The van der Waals surface area contributed by atoms with Crippen molar-refractivity contribution in [2.45, 2.75) is 38.6 Å². The first kappa shape index (κ1) is 16.6. The van der Waals surface area contributed by atoms with Crippen molar-refractivity contribution in [3.05, 3.63) is 64.7 Å². The number of pyridine rings is 1. The van der Waals surface area contributed by atoms with Gasteiger partial charge in [-0.2, -0.15) is 0 Å². The molecule has 4 rings (SSSR count). The van der Waals surface area contributed by atoms with Crippen molar-refractivity contribution in [2.75, 3.05) is 5.32 Å². The normalized spacial score (nSPS) is 15.2. The SMILES string of the molecule is O=C(Nc1cccc(Cn2nc3ccccn3c2=O)c1)C1CCCCC1. The zero-order valence-corrected chi connectivity index (χ0v) is 14.6. The van der Waals surface area contributed by atoms with Crippen molar-refractivity contribution in [3.8, 4) is 0 Å². The van der Waals surface area contributed by atoms with Crippen molar-refractivity contribution >= 4 is 17.2 Å². The van der Waals surface area contributed by atoms with Crippen molar-refractivity contribution in [2.24, 2.45) is 5.92 Å². The number of benzene rings is 1. The molecule has 0 saturated heterocycles. The Hall–Kier alpha value is -2.89. The highest BCUT2D eigenvalue weighted by Crippen LogP contribution is 2.25. The summed E-state index contributed by atoms with van der Waals surface area (Å²) in [6.07, 6.45) is 7.16. The molecule has 1 fully saturated rings. The number of rotatable bonds is 4. The maximum atomic E-state index is 12.4. The van der Waals surface area contributed by atoms with E-state index in [2.05, 4.69) is 10.4 Å². The van der Waals surface area contributed by atoms with Gasteiger partial charge in [-0.1, -0.05) is 37.5 Å². The summed E-state index contributed by atoms with van der Waals surface area (Å²) < 4.78 is 2.96. The number of nitrogens with one attached hydrogen (secondary N) is 1. The van der Waals surface area contributed by atoms with E-state index >= 15 is 0 Å². The predicted molar refractivity (Wildman–Crippen MR) is 100 cm³/mol. The van der Waals surface area contributed by atoms with Gasteiger partial charge < -0.3 is 5.32 Å². The molecule has 1 aromatic carbocycles. The summed E-state index contributed by atoms with van der Waals surface area (Å²) in [5.74, 6) is 0.222. The molecular weight excluding hydrogens is 328 g/mol. The molecular formula is C20H22N4O2. The van der Waals surface area contributed by atoms with E-state index in [1.165, 1.54) is 15.5 Å². The number of carbonyl (C=O) groups excluding carboxylic acids is 1. The van der Waals surface area contributed by atoms with E-state index in [-0.39, 0.29) is 17.5 Å². The third kappa shape index (κ3) is 3.40. The molecule has 0 unspecified atom stereocenters. The number of anilines is 1. The van der Waals surface area contributed by atoms with Crippen molar-refractivity contribution < 1.29 is 4.79 Å². The summed E-state index contributed by atoms with van der Waals surface area (Å²) in [6.45, 7) is 0.369. The Bertz CT molecular complexity index is 983. The van der Waals surface area contributed by atoms with Gasteiger partial charge in [0.05, 0.1) is 6.54 Å². The number of hydrogen-bond acceptors (Lipinski definition) is 3. The molecule has 1 amide bonds. The van der Waals surface area contributed by atoms with Gasteiger partial charge in [0.1, 0.15) is 0 Å².